The van der Waals surface area contributed by atoms with E-state index in [4.69, 9.17) is 0 Å². The standard InChI is InChI=1S/C21H24N4/c1-17-7-9-19(10-8-17)21-15-22-23-25(21)20-11-13-24(14-12-20)16-18-5-3-2-4-6-18/h2-10,15,20H,11-14,16H2,1H3. The highest BCUT2D eigenvalue weighted by Crippen LogP contribution is 2.28. The molecule has 0 unspecified atom stereocenters. The molecule has 2 heterocycles. The van der Waals surface area contributed by atoms with E-state index in [0.29, 0.717) is 6.04 Å². The minimum absolute atomic E-state index is 0.436. The van der Waals surface area contributed by atoms with Crippen molar-refractivity contribution in [2.75, 3.05) is 13.1 Å². The van der Waals surface area contributed by atoms with Crippen LogP contribution in [0.2, 0.25) is 0 Å². The third-order valence-corrected chi connectivity index (χ3v) is 5.07. The molecule has 0 amide bonds. The molecule has 4 rings (SSSR count). The molecule has 1 aliphatic heterocycles. The van der Waals surface area contributed by atoms with Crippen LogP contribution in [-0.4, -0.2) is 33.0 Å². The predicted octanol–water partition coefficient (Wildman–Crippen LogP) is 4.09. The summed E-state index contributed by atoms with van der Waals surface area (Å²) >= 11 is 0. The maximum atomic E-state index is 4.40. The monoisotopic (exact) mass is 332 g/mol. The van der Waals surface area contributed by atoms with Gasteiger partial charge in [0.2, 0.25) is 0 Å². The Kier molecular flexibility index (Phi) is 4.61. The minimum Gasteiger partial charge on any atom is -0.299 e. The van der Waals surface area contributed by atoms with Crippen molar-refractivity contribution in [2.45, 2.75) is 32.4 Å². The molecule has 0 bridgehead atoms. The SMILES string of the molecule is Cc1ccc(-c2cnnn2C2CCN(Cc3ccccc3)CC2)cc1. The van der Waals surface area contributed by atoms with Crippen LogP contribution >= 0.6 is 0 Å². The van der Waals surface area contributed by atoms with E-state index in [9.17, 15) is 0 Å². The van der Waals surface area contributed by atoms with E-state index in [0.717, 1.165) is 38.2 Å². The van der Waals surface area contributed by atoms with E-state index in [1.165, 1.54) is 16.7 Å². The zero-order valence-electron chi connectivity index (χ0n) is 14.7. The molecule has 1 saturated heterocycles. The fourth-order valence-electron chi connectivity index (χ4n) is 3.61. The summed E-state index contributed by atoms with van der Waals surface area (Å²) < 4.78 is 2.13. The van der Waals surface area contributed by atoms with Crippen LogP contribution in [0.4, 0.5) is 0 Å². The van der Waals surface area contributed by atoms with Crippen LogP contribution in [0.25, 0.3) is 11.3 Å². The van der Waals surface area contributed by atoms with E-state index >= 15 is 0 Å². The highest BCUT2D eigenvalue weighted by atomic mass is 15.4. The highest BCUT2D eigenvalue weighted by Gasteiger charge is 2.23. The normalized spacial score (nSPS) is 16.2. The molecule has 4 nitrogen and oxygen atoms in total. The lowest BCUT2D eigenvalue weighted by Crippen LogP contribution is -2.34. The van der Waals surface area contributed by atoms with Crippen LogP contribution in [0.5, 0.6) is 0 Å². The van der Waals surface area contributed by atoms with E-state index < -0.39 is 0 Å². The molecule has 1 aromatic heterocycles. The van der Waals surface area contributed by atoms with Gasteiger partial charge in [0.05, 0.1) is 17.9 Å². The van der Waals surface area contributed by atoms with Gasteiger partial charge in [-0.05, 0) is 25.3 Å². The Morgan fingerprint density at radius 1 is 0.960 bits per heavy atom. The Hall–Kier alpha value is -2.46. The number of likely N-dealkylation sites (tertiary alicyclic amines) is 1. The number of hydrogen-bond acceptors (Lipinski definition) is 3. The first kappa shape index (κ1) is 16.0. The Morgan fingerprint density at radius 3 is 2.40 bits per heavy atom. The zero-order chi connectivity index (χ0) is 17.1. The number of hydrogen-bond donors (Lipinski definition) is 0. The molecule has 0 radical (unpaired) electrons. The molecule has 1 aliphatic rings. The average molecular weight is 332 g/mol. The molecule has 0 saturated carbocycles. The van der Waals surface area contributed by atoms with E-state index in [2.05, 4.69) is 81.4 Å². The summed E-state index contributed by atoms with van der Waals surface area (Å²) in [5.74, 6) is 0. The van der Waals surface area contributed by atoms with Gasteiger partial charge in [-0.3, -0.25) is 4.90 Å². The minimum atomic E-state index is 0.436. The molecule has 0 aliphatic carbocycles. The second-order valence-corrected chi connectivity index (χ2v) is 6.92. The van der Waals surface area contributed by atoms with Crippen molar-refractivity contribution >= 4 is 0 Å². The van der Waals surface area contributed by atoms with Gasteiger partial charge in [-0.15, -0.1) is 5.10 Å². The highest BCUT2D eigenvalue weighted by molar-refractivity contribution is 5.58. The third kappa shape index (κ3) is 3.64. The van der Waals surface area contributed by atoms with Crippen LogP contribution in [0.3, 0.4) is 0 Å². The summed E-state index contributed by atoms with van der Waals surface area (Å²) in [7, 11) is 0. The summed E-state index contributed by atoms with van der Waals surface area (Å²) in [5, 5.41) is 8.58. The largest absolute Gasteiger partial charge is 0.299 e. The second-order valence-electron chi connectivity index (χ2n) is 6.92. The lowest BCUT2D eigenvalue weighted by atomic mass is 10.0. The quantitative estimate of drug-likeness (QED) is 0.721. The topological polar surface area (TPSA) is 34.0 Å². The van der Waals surface area contributed by atoms with Crippen molar-refractivity contribution in [2.24, 2.45) is 0 Å². The molecular weight excluding hydrogens is 308 g/mol. The number of aromatic nitrogens is 3. The Balaban J connectivity index is 1.43. The van der Waals surface area contributed by atoms with Gasteiger partial charge < -0.3 is 0 Å². The summed E-state index contributed by atoms with van der Waals surface area (Å²) in [6, 6.07) is 19.8. The lowest BCUT2D eigenvalue weighted by molar-refractivity contribution is 0.173. The Bertz CT molecular complexity index is 799. The number of nitrogens with zero attached hydrogens (tertiary/aromatic N) is 4. The molecule has 128 valence electrons. The number of rotatable bonds is 4. The van der Waals surface area contributed by atoms with Gasteiger partial charge in [-0.2, -0.15) is 0 Å². The van der Waals surface area contributed by atoms with Crippen molar-refractivity contribution in [3.8, 4) is 11.3 Å². The van der Waals surface area contributed by atoms with Crippen LogP contribution < -0.4 is 0 Å². The summed E-state index contributed by atoms with van der Waals surface area (Å²) in [5.41, 5.74) is 4.99. The van der Waals surface area contributed by atoms with Gasteiger partial charge in [0, 0.05) is 25.2 Å². The zero-order valence-corrected chi connectivity index (χ0v) is 14.7. The molecule has 3 aromatic rings. The van der Waals surface area contributed by atoms with Gasteiger partial charge in [0.15, 0.2) is 0 Å². The smallest absolute Gasteiger partial charge is 0.0888 e. The fourth-order valence-corrected chi connectivity index (χ4v) is 3.61. The Labute approximate surface area is 149 Å². The van der Waals surface area contributed by atoms with Crippen molar-refractivity contribution in [3.05, 3.63) is 71.9 Å². The van der Waals surface area contributed by atoms with Crippen LogP contribution in [0.15, 0.2) is 60.8 Å². The maximum absolute atomic E-state index is 4.40. The average Bonchev–Trinajstić information content (AvgIpc) is 3.14. The first-order valence-electron chi connectivity index (χ1n) is 9.03. The van der Waals surface area contributed by atoms with Crippen LogP contribution in [0, 0.1) is 6.92 Å². The number of aryl methyl sites for hydroxylation is 1. The van der Waals surface area contributed by atoms with Crippen molar-refractivity contribution in [1.29, 1.82) is 0 Å². The van der Waals surface area contributed by atoms with Gasteiger partial charge >= 0.3 is 0 Å². The number of piperidine rings is 1. The van der Waals surface area contributed by atoms with E-state index in [1.54, 1.807) is 0 Å². The molecule has 25 heavy (non-hydrogen) atoms. The fraction of sp³-hybridized carbons (Fsp3) is 0.333. The lowest BCUT2D eigenvalue weighted by Gasteiger charge is -2.32. The molecular formula is C21H24N4. The van der Waals surface area contributed by atoms with Crippen molar-refractivity contribution < 1.29 is 0 Å². The molecule has 2 aromatic carbocycles. The van der Waals surface area contributed by atoms with Crippen molar-refractivity contribution in [3.63, 3.8) is 0 Å². The van der Waals surface area contributed by atoms with E-state index in [-0.39, 0.29) is 0 Å². The maximum Gasteiger partial charge on any atom is 0.0888 e. The molecule has 1 fully saturated rings. The molecule has 4 heteroatoms. The summed E-state index contributed by atoms with van der Waals surface area (Å²) in [4.78, 5) is 2.54. The Morgan fingerprint density at radius 2 is 1.68 bits per heavy atom. The number of benzene rings is 2. The summed E-state index contributed by atoms with van der Waals surface area (Å²) in [6.45, 7) is 5.36. The van der Waals surface area contributed by atoms with Gasteiger partial charge in [0.1, 0.15) is 0 Å². The molecule has 0 atom stereocenters. The summed E-state index contributed by atoms with van der Waals surface area (Å²) in [6.07, 6.45) is 4.13. The van der Waals surface area contributed by atoms with Gasteiger partial charge in [-0.25, -0.2) is 4.68 Å². The van der Waals surface area contributed by atoms with Crippen molar-refractivity contribution in [1.82, 2.24) is 19.9 Å². The predicted molar refractivity (Wildman–Crippen MR) is 100 cm³/mol. The third-order valence-electron chi connectivity index (χ3n) is 5.07. The molecule has 0 N–H and O–H groups in total. The second kappa shape index (κ2) is 7.19. The first-order valence-corrected chi connectivity index (χ1v) is 9.03. The van der Waals surface area contributed by atoms with Gasteiger partial charge in [0.25, 0.3) is 0 Å². The van der Waals surface area contributed by atoms with E-state index in [1.807, 2.05) is 6.20 Å². The molecule has 0 spiro atoms. The first-order chi connectivity index (χ1) is 12.3. The van der Waals surface area contributed by atoms with Crippen LogP contribution in [0.1, 0.15) is 30.0 Å². The van der Waals surface area contributed by atoms with Gasteiger partial charge in [-0.1, -0.05) is 65.4 Å². The van der Waals surface area contributed by atoms with Crippen LogP contribution in [-0.2, 0) is 6.54 Å².